The summed E-state index contributed by atoms with van der Waals surface area (Å²) < 4.78 is 1.97. The Hall–Kier alpha value is -1.77. The topological polar surface area (TPSA) is 29.9 Å². The van der Waals surface area contributed by atoms with Gasteiger partial charge >= 0.3 is 0 Å². The van der Waals surface area contributed by atoms with Gasteiger partial charge in [0.25, 0.3) is 0 Å². The molecule has 1 aromatic heterocycles. The number of benzene rings is 1. The zero-order valence-corrected chi connectivity index (χ0v) is 13.1. The maximum absolute atomic E-state index is 4.35. The van der Waals surface area contributed by atoms with Crippen molar-refractivity contribution >= 4 is 5.69 Å². The van der Waals surface area contributed by atoms with Gasteiger partial charge in [0.15, 0.2) is 0 Å². The first-order valence-corrected chi connectivity index (χ1v) is 7.38. The molecule has 0 spiro atoms. The van der Waals surface area contributed by atoms with Gasteiger partial charge in [0.05, 0.1) is 11.9 Å². The van der Waals surface area contributed by atoms with E-state index in [4.69, 9.17) is 0 Å². The van der Waals surface area contributed by atoms with Crippen LogP contribution in [0, 0.1) is 0 Å². The molecule has 0 fully saturated rings. The molecule has 1 N–H and O–H groups in total. The Morgan fingerprint density at radius 2 is 1.55 bits per heavy atom. The summed E-state index contributed by atoms with van der Waals surface area (Å²) >= 11 is 0. The molecular weight excluding hydrogens is 246 g/mol. The van der Waals surface area contributed by atoms with E-state index in [0.29, 0.717) is 12.0 Å². The fraction of sp³-hybridized carbons (Fsp3) is 0.471. The van der Waals surface area contributed by atoms with Crippen molar-refractivity contribution in [2.75, 3.05) is 5.32 Å². The lowest BCUT2D eigenvalue weighted by molar-refractivity contribution is 0.532. The van der Waals surface area contributed by atoms with E-state index < -0.39 is 0 Å². The molecule has 0 aliphatic rings. The molecule has 108 valence electrons. The first-order chi connectivity index (χ1) is 9.47. The van der Waals surface area contributed by atoms with Gasteiger partial charge in [0.1, 0.15) is 0 Å². The second kappa shape index (κ2) is 6.12. The van der Waals surface area contributed by atoms with Crippen molar-refractivity contribution < 1.29 is 0 Å². The fourth-order valence-corrected chi connectivity index (χ4v) is 2.20. The second-order valence-electron chi connectivity index (χ2n) is 5.99. The molecule has 0 bridgehead atoms. The number of anilines is 1. The van der Waals surface area contributed by atoms with Crippen LogP contribution in [0.2, 0.25) is 0 Å². The molecule has 1 unspecified atom stereocenters. The third-order valence-corrected chi connectivity index (χ3v) is 3.62. The smallest absolute Gasteiger partial charge is 0.0731 e. The lowest BCUT2D eigenvalue weighted by Gasteiger charge is -2.15. The van der Waals surface area contributed by atoms with Crippen LogP contribution in [0.5, 0.6) is 0 Å². The molecule has 1 heterocycles. The number of hydrogen-bond donors (Lipinski definition) is 1. The molecule has 20 heavy (non-hydrogen) atoms. The van der Waals surface area contributed by atoms with Crippen LogP contribution in [0.15, 0.2) is 36.7 Å². The van der Waals surface area contributed by atoms with E-state index in [2.05, 4.69) is 75.5 Å². The van der Waals surface area contributed by atoms with E-state index in [1.54, 1.807) is 0 Å². The molecule has 2 aromatic rings. The van der Waals surface area contributed by atoms with E-state index >= 15 is 0 Å². The van der Waals surface area contributed by atoms with Crippen molar-refractivity contribution in [3.05, 3.63) is 47.8 Å². The summed E-state index contributed by atoms with van der Waals surface area (Å²) in [6.45, 7) is 10.9. The zero-order chi connectivity index (χ0) is 14.7. The quantitative estimate of drug-likeness (QED) is 0.849. The molecule has 2 rings (SSSR count). The highest BCUT2D eigenvalue weighted by molar-refractivity contribution is 5.42. The van der Waals surface area contributed by atoms with E-state index in [1.165, 1.54) is 11.1 Å². The van der Waals surface area contributed by atoms with Crippen LogP contribution in [0.25, 0.3) is 0 Å². The Labute approximate surface area is 122 Å². The summed E-state index contributed by atoms with van der Waals surface area (Å²) in [6.07, 6.45) is 3.95. The standard InChI is InChI=1S/C17H25N3/c1-12(2)15-6-8-16(9-7-15)14(5)19-17-10-18-20(11-17)13(3)4/h6-14,19H,1-5H3. The van der Waals surface area contributed by atoms with Crippen molar-refractivity contribution in [3.8, 4) is 0 Å². The molecule has 1 aromatic carbocycles. The second-order valence-corrected chi connectivity index (χ2v) is 5.99. The van der Waals surface area contributed by atoms with E-state index in [1.807, 2.05) is 10.9 Å². The predicted molar refractivity (Wildman–Crippen MR) is 85.2 cm³/mol. The van der Waals surface area contributed by atoms with Crippen molar-refractivity contribution in [1.29, 1.82) is 0 Å². The van der Waals surface area contributed by atoms with Gasteiger partial charge in [-0.25, -0.2) is 0 Å². The van der Waals surface area contributed by atoms with Crippen molar-refractivity contribution in [1.82, 2.24) is 9.78 Å². The first-order valence-electron chi connectivity index (χ1n) is 7.38. The van der Waals surface area contributed by atoms with Gasteiger partial charge < -0.3 is 5.32 Å². The number of nitrogens with one attached hydrogen (secondary N) is 1. The van der Waals surface area contributed by atoms with Crippen LogP contribution in [0.3, 0.4) is 0 Å². The third-order valence-electron chi connectivity index (χ3n) is 3.62. The normalized spacial score (nSPS) is 12.9. The van der Waals surface area contributed by atoms with Gasteiger partial charge in [-0.15, -0.1) is 0 Å². The Morgan fingerprint density at radius 3 is 2.05 bits per heavy atom. The predicted octanol–water partition coefficient (Wildman–Crippen LogP) is 4.76. The summed E-state index contributed by atoms with van der Waals surface area (Å²) in [7, 11) is 0. The molecule has 0 amide bonds. The average Bonchev–Trinajstić information content (AvgIpc) is 2.87. The van der Waals surface area contributed by atoms with E-state index in [9.17, 15) is 0 Å². The van der Waals surface area contributed by atoms with Crippen LogP contribution in [-0.4, -0.2) is 9.78 Å². The summed E-state index contributed by atoms with van der Waals surface area (Å²) in [4.78, 5) is 0. The minimum atomic E-state index is 0.279. The molecule has 0 saturated heterocycles. The molecule has 0 saturated carbocycles. The minimum Gasteiger partial charge on any atom is -0.376 e. The lowest BCUT2D eigenvalue weighted by Crippen LogP contribution is -2.06. The van der Waals surface area contributed by atoms with Crippen molar-refractivity contribution in [2.24, 2.45) is 0 Å². The molecule has 3 heteroatoms. The lowest BCUT2D eigenvalue weighted by atomic mass is 9.99. The summed E-state index contributed by atoms with van der Waals surface area (Å²) in [5.74, 6) is 0.580. The van der Waals surface area contributed by atoms with Crippen LogP contribution < -0.4 is 5.32 Å². The highest BCUT2D eigenvalue weighted by Gasteiger charge is 2.08. The minimum absolute atomic E-state index is 0.279. The highest BCUT2D eigenvalue weighted by atomic mass is 15.3. The zero-order valence-electron chi connectivity index (χ0n) is 13.1. The number of nitrogens with zero attached hydrogens (tertiary/aromatic N) is 2. The van der Waals surface area contributed by atoms with Gasteiger partial charge in [0, 0.05) is 18.3 Å². The summed E-state index contributed by atoms with van der Waals surface area (Å²) in [5, 5.41) is 7.85. The molecule has 0 radical (unpaired) electrons. The van der Waals surface area contributed by atoms with Crippen molar-refractivity contribution in [3.63, 3.8) is 0 Å². The van der Waals surface area contributed by atoms with Gasteiger partial charge in [0.2, 0.25) is 0 Å². The number of aromatic nitrogens is 2. The molecule has 0 aliphatic carbocycles. The number of rotatable bonds is 5. The van der Waals surface area contributed by atoms with Crippen LogP contribution >= 0.6 is 0 Å². The Kier molecular flexibility index (Phi) is 4.48. The van der Waals surface area contributed by atoms with Crippen molar-refractivity contribution in [2.45, 2.75) is 52.6 Å². The van der Waals surface area contributed by atoms with Crippen LogP contribution in [0.4, 0.5) is 5.69 Å². The van der Waals surface area contributed by atoms with Gasteiger partial charge in [-0.1, -0.05) is 38.1 Å². The maximum Gasteiger partial charge on any atom is 0.0731 e. The SMILES string of the molecule is CC(C)c1ccc(C(C)Nc2cnn(C(C)C)c2)cc1. The van der Waals surface area contributed by atoms with E-state index in [0.717, 1.165) is 5.69 Å². The highest BCUT2D eigenvalue weighted by Crippen LogP contribution is 2.22. The third kappa shape index (κ3) is 3.41. The monoisotopic (exact) mass is 271 g/mol. The first kappa shape index (κ1) is 14.6. The van der Waals surface area contributed by atoms with E-state index in [-0.39, 0.29) is 6.04 Å². The Morgan fingerprint density at radius 1 is 0.950 bits per heavy atom. The van der Waals surface area contributed by atoms with Gasteiger partial charge in [-0.3, -0.25) is 4.68 Å². The Balaban J connectivity index is 2.05. The average molecular weight is 271 g/mol. The van der Waals surface area contributed by atoms with Crippen LogP contribution in [0.1, 0.15) is 63.7 Å². The van der Waals surface area contributed by atoms with Gasteiger partial charge in [-0.2, -0.15) is 5.10 Å². The molecule has 1 atom stereocenters. The van der Waals surface area contributed by atoms with Gasteiger partial charge in [-0.05, 0) is 37.8 Å². The Bertz CT molecular complexity index is 538. The number of hydrogen-bond acceptors (Lipinski definition) is 2. The fourth-order valence-electron chi connectivity index (χ4n) is 2.20. The maximum atomic E-state index is 4.35. The van der Waals surface area contributed by atoms with Crippen LogP contribution in [-0.2, 0) is 0 Å². The summed E-state index contributed by atoms with van der Waals surface area (Å²) in [5.41, 5.74) is 3.75. The molecular formula is C17H25N3. The largest absolute Gasteiger partial charge is 0.376 e. The molecule has 0 aliphatic heterocycles. The molecule has 3 nitrogen and oxygen atoms in total. The summed E-state index contributed by atoms with van der Waals surface area (Å²) in [6, 6.07) is 9.53.